The molecule has 0 radical (unpaired) electrons. The first-order chi connectivity index (χ1) is 12.7. The molecule has 0 saturated carbocycles. The Labute approximate surface area is 158 Å². The van der Waals surface area contributed by atoms with Gasteiger partial charge in [-0.05, 0) is 62.5 Å². The second kappa shape index (κ2) is 6.88. The summed E-state index contributed by atoms with van der Waals surface area (Å²) in [6.07, 6.45) is 7.54. The summed E-state index contributed by atoms with van der Waals surface area (Å²) < 4.78 is 2.20. The molecule has 0 unspecified atom stereocenters. The van der Waals surface area contributed by atoms with Gasteiger partial charge in [0.2, 0.25) is 0 Å². The van der Waals surface area contributed by atoms with Crippen molar-refractivity contribution in [3.63, 3.8) is 0 Å². The Hall–Kier alpha value is -2.73. The Balaban J connectivity index is 1.83. The van der Waals surface area contributed by atoms with Crippen LogP contribution >= 0.6 is 12.2 Å². The molecule has 1 aliphatic heterocycles. The summed E-state index contributed by atoms with van der Waals surface area (Å²) in [4.78, 5) is 11.0. The van der Waals surface area contributed by atoms with Crippen LogP contribution in [0.15, 0.2) is 67.3 Å². The minimum Gasteiger partial charge on any atom is -0.352 e. The zero-order valence-corrected chi connectivity index (χ0v) is 15.6. The van der Waals surface area contributed by atoms with Crippen LogP contribution in [-0.2, 0) is 0 Å². The maximum absolute atomic E-state index is 5.67. The van der Waals surface area contributed by atoms with Crippen molar-refractivity contribution in [1.29, 1.82) is 0 Å². The van der Waals surface area contributed by atoms with Gasteiger partial charge in [0, 0.05) is 42.2 Å². The van der Waals surface area contributed by atoms with E-state index in [2.05, 4.69) is 63.0 Å². The van der Waals surface area contributed by atoms with E-state index in [1.165, 1.54) is 5.69 Å². The second-order valence-electron chi connectivity index (χ2n) is 6.64. The van der Waals surface area contributed by atoms with Gasteiger partial charge in [-0.2, -0.15) is 0 Å². The lowest BCUT2D eigenvalue weighted by molar-refractivity contribution is 0.262. The number of nitrogens with one attached hydrogen (secondary N) is 1. The molecule has 1 aliphatic rings. The smallest absolute Gasteiger partial charge is 0.170 e. The zero-order chi connectivity index (χ0) is 18.1. The fourth-order valence-corrected chi connectivity index (χ4v) is 4.06. The van der Waals surface area contributed by atoms with E-state index >= 15 is 0 Å². The highest BCUT2D eigenvalue weighted by Gasteiger charge is 2.42. The zero-order valence-electron chi connectivity index (χ0n) is 14.8. The van der Waals surface area contributed by atoms with Gasteiger partial charge in [-0.15, -0.1) is 0 Å². The average Bonchev–Trinajstić information content (AvgIpc) is 3.27. The van der Waals surface area contributed by atoms with Crippen LogP contribution in [0.1, 0.15) is 37.3 Å². The molecule has 4 rings (SSSR count). The molecule has 132 valence electrons. The van der Waals surface area contributed by atoms with Crippen molar-refractivity contribution in [2.24, 2.45) is 0 Å². The maximum atomic E-state index is 5.67. The predicted octanol–water partition coefficient (Wildman–Crippen LogP) is 3.65. The van der Waals surface area contributed by atoms with Gasteiger partial charge in [-0.1, -0.05) is 6.07 Å². The van der Waals surface area contributed by atoms with Crippen LogP contribution in [-0.4, -0.2) is 30.6 Å². The molecule has 0 aliphatic carbocycles. The standard InChI is InChI=1S/C20H21N5S/c1-14(2)25-19(18(23-20(25)26)16-6-3-4-10-22-16)17-7-5-13-24(17)15-8-11-21-12-9-15/h3-14,18-19H,1-2H3,(H,23,26)/t18-,19-/m1/s1. The Morgan fingerprint density at radius 1 is 1.04 bits per heavy atom. The van der Waals surface area contributed by atoms with E-state index in [9.17, 15) is 0 Å². The van der Waals surface area contributed by atoms with E-state index in [0.717, 1.165) is 16.5 Å². The molecule has 0 spiro atoms. The molecule has 2 atom stereocenters. The first-order valence-corrected chi connectivity index (χ1v) is 9.15. The van der Waals surface area contributed by atoms with Crippen LogP contribution < -0.4 is 5.32 Å². The minimum atomic E-state index is 0.00147. The fraction of sp³-hybridized carbons (Fsp3) is 0.250. The fourth-order valence-electron chi connectivity index (χ4n) is 3.61. The molecule has 0 amide bonds. The SMILES string of the molecule is CC(C)N1C(=S)N[C@H](c2ccccn2)[C@H]1c1cccn1-c1ccncc1. The molecule has 3 aromatic heterocycles. The summed E-state index contributed by atoms with van der Waals surface area (Å²) in [5.74, 6) is 0. The van der Waals surface area contributed by atoms with Crippen molar-refractivity contribution in [2.45, 2.75) is 32.0 Å². The molecular weight excluding hydrogens is 342 g/mol. The van der Waals surface area contributed by atoms with Gasteiger partial charge in [-0.3, -0.25) is 9.97 Å². The van der Waals surface area contributed by atoms with Crippen molar-refractivity contribution >= 4 is 17.3 Å². The van der Waals surface area contributed by atoms with Crippen LogP contribution in [0.5, 0.6) is 0 Å². The first-order valence-electron chi connectivity index (χ1n) is 8.74. The summed E-state index contributed by atoms with van der Waals surface area (Å²) in [5, 5.41) is 4.25. The summed E-state index contributed by atoms with van der Waals surface area (Å²) in [6, 6.07) is 14.6. The highest BCUT2D eigenvalue weighted by Crippen LogP contribution is 2.40. The normalized spacial score (nSPS) is 19.8. The number of thiocarbonyl (C=S) groups is 1. The highest BCUT2D eigenvalue weighted by molar-refractivity contribution is 7.80. The third-order valence-electron chi connectivity index (χ3n) is 4.72. The third kappa shape index (κ3) is 2.86. The number of rotatable bonds is 4. The van der Waals surface area contributed by atoms with Crippen molar-refractivity contribution in [3.8, 4) is 5.69 Å². The highest BCUT2D eigenvalue weighted by atomic mass is 32.1. The van der Waals surface area contributed by atoms with Crippen molar-refractivity contribution in [2.75, 3.05) is 0 Å². The Morgan fingerprint density at radius 2 is 1.85 bits per heavy atom. The van der Waals surface area contributed by atoms with E-state index in [4.69, 9.17) is 12.2 Å². The lowest BCUT2D eigenvalue weighted by atomic mass is 10.0. The van der Waals surface area contributed by atoms with E-state index < -0.39 is 0 Å². The van der Waals surface area contributed by atoms with Gasteiger partial charge in [0.1, 0.15) is 0 Å². The average molecular weight is 363 g/mol. The molecule has 1 saturated heterocycles. The van der Waals surface area contributed by atoms with E-state index in [0.29, 0.717) is 0 Å². The molecule has 5 nitrogen and oxygen atoms in total. The van der Waals surface area contributed by atoms with E-state index in [1.807, 2.05) is 42.9 Å². The third-order valence-corrected chi connectivity index (χ3v) is 5.04. The van der Waals surface area contributed by atoms with Gasteiger partial charge in [0.15, 0.2) is 5.11 Å². The van der Waals surface area contributed by atoms with Gasteiger partial charge in [0.25, 0.3) is 0 Å². The number of nitrogens with zero attached hydrogens (tertiary/aromatic N) is 4. The van der Waals surface area contributed by atoms with Crippen LogP contribution in [0.25, 0.3) is 5.69 Å². The molecule has 3 aromatic rings. The first kappa shape index (κ1) is 16.7. The predicted molar refractivity (Wildman–Crippen MR) is 106 cm³/mol. The number of hydrogen-bond donors (Lipinski definition) is 1. The molecule has 1 fully saturated rings. The maximum Gasteiger partial charge on any atom is 0.170 e. The molecule has 1 N–H and O–H groups in total. The van der Waals surface area contributed by atoms with Gasteiger partial charge >= 0.3 is 0 Å². The molecule has 4 heterocycles. The minimum absolute atomic E-state index is 0.00147. The van der Waals surface area contributed by atoms with Crippen molar-refractivity contribution in [1.82, 2.24) is 24.8 Å². The van der Waals surface area contributed by atoms with Crippen molar-refractivity contribution < 1.29 is 0 Å². The van der Waals surface area contributed by atoms with E-state index in [1.54, 1.807) is 0 Å². The van der Waals surface area contributed by atoms with Crippen LogP contribution in [0.2, 0.25) is 0 Å². The number of pyridine rings is 2. The summed E-state index contributed by atoms with van der Waals surface area (Å²) in [5.41, 5.74) is 3.25. The summed E-state index contributed by atoms with van der Waals surface area (Å²) in [7, 11) is 0. The van der Waals surface area contributed by atoms with Crippen LogP contribution in [0, 0.1) is 0 Å². The summed E-state index contributed by atoms with van der Waals surface area (Å²) in [6.45, 7) is 4.34. The van der Waals surface area contributed by atoms with Crippen LogP contribution in [0.3, 0.4) is 0 Å². The van der Waals surface area contributed by atoms with Gasteiger partial charge in [-0.25, -0.2) is 0 Å². The quantitative estimate of drug-likeness (QED) is 0.717. The number of aromatic nitrogens is 3. The van der Waals surface area contributed by atoms with Gasteiger partial charge in [0.05, 0.1) is 17.8 Å². The largest absolute Gasteiger partial charge is 0.352 e. The summed E-state index contributed by atoms with van der Waals surface area (Å²) >= 11 is 5.67. The Bertz CT molecular complexity index is 891. The Morgan fingerprint density at radius 3 is 2.54 bits per heavy atom. The molecule has 0 aromatic carbocycles. The number of hydrogen-bond acceptors (Lipinski definition) is 3. The Kier molecular flexibility index (Phi) is 4.42. The van der Waals surface area contributed by atoms with E-state index in [-0.39, 0.29) is 18.1 Å². The monoisotopic (exact) mass is 363 g/mol. The lowest BCUT2D eigenvalue weighted by Crippen LogP contribution is -2.36. The van der Waals surface area contributed by atoms with Crippen LogP contribution in [0.4, 0.5) is 0 Å². The van der Waals surface area contributed by atoms with Crippen molar-refractivity contribution in [3.05, 3.63) is 78.6 Å². The lowest BCUT2D eigenvalue weighted by Gasteiger charge is -2.31. The van der Waals surface area contributed by atoms with Gasteiger partial charge < -0.3 is 14.8 Å². The second-order valence-corrected chi connectivity index (χ2v) is 7.02. The topological polar surface area (TPSA) is 46.0 Å². The molecule has 6 heteroatoms. The molecule has 0 bridgehead atoms. The molecular formula is C20H21N5S. The molecule has 26 heavy (non-hydrogen) atoms.